The van der Waals surface area contributed by atoms with Crippen molar-refractivity contribution in [2.75, 3.05) is 6.61 Å². The molecule has 0 unspecified atom stereocenters. The second kappa shape index (κ2) is 4.99. The molecule has 4 nitrogen and oxygen atoms in total. The van der Waals surface area contributed by atoms with Gasteiger partial charge in [-0.25, -0.2) is 5.06 Å². The average molecular weight is 277 g/mol. The molecule has 1 amide bonds. The molecule has 20 heavy (non-hydrogen) atoms. The molecule has 0 radical (unpaired) electrons. The maximum atomic E-state index is 13.2. The van der Waals surface area contributed by atoms with Gasteiger partial charge >= 0.3 is 0 Å². The zero-order chi connectivity index (χ0) is 14.2. The standard InChI is InChI=1S/C16H23NO3/c1-2-20-17-14(19)15(9-5-3-6-10-15)13(18)16(17)11-7-4-8-12-16/h7,11H,2-6,8-10,12H2,1H3/t16-/m1/s1. The fraction of sp³-hybridized carbons (Fsp3) is 0.750. The summed E-state index contributed by atoms with van der Waals surface area (Å²) in [7, 11) is 0. The Labute approximate surface area is 120 Å². The van der Waals surface area contributed by atoms with E-state index in [0.717, 1.165) is 32.1 Å². The first-order valence-corrected chi connectivity index (χ1v) is 7.87. The summed E-state index contributed by atoms with van der Waals surface area (Å²) in [6.07, 6.45) is 11.0. The fourth-order valence-corrected chi connectivity index (χ4v) is 4.09. The number of carbonyl (C=O) groups excluding carboxylic acids is 2. The molecule has 4 heteroatoms. The first-order valence-electron chi connectivity index (χ1n) is 7.87. The number of nitrogens with zero attached hydrogens (tertiary/aromatic N) is 1. The van der Waals surface area contributed by atoms with E-state index in [2.05, 4.69) is 0 Å². The zero-order valence-electron chi connectivity index (χ0n) is 12.2. The number of hydroxylamine groups is 2. The number of ketones is 1. The van der Waals surface area contributed by atoms with Crippen LogP contribution in [0.5, 0.6) is 0 Å². The first-order chi connectivity index (χ1) is 9.67. The highest BCUT2D eigenvalue weighted by molar-refractivity contribution is 6.17. The Kier molecular flexibility index (Phi) is 3.44. The van der Waals surface area contributed by atoms with Crippen molar-refractivity contribution in [2.45, 2.75) is 63.8 Å². The fourth-order valence-electron chi connectivity index (χ4n) is 4.09. The summed E-state index contributed by atoms with van der Waals surface area (Å²) in [6.45, 7) is 2.29. The van der Waals surface area contributed by atoms with Crippen molar-refractivity contribution >= 4 is 11.7 Å². The van der Waals surface area contributed by atoms with Crippen LogP contribution in [0, 0.1) is 5.41 Å². The predicted octanol–water partition coefficient (Wildman–Crippen LogP) is 2.78. The largest absolute Gasteiger partial charge is 0.295 e. The Hall–Kier alpha value is -1.16. The van der Waals surface area contributed by atoms with Crippen LogP contribution in [0.15, 0.2) is 12.2 Å². The molecule has 0 N–H and O–H groups in total. The van der Waals surface area contributed by atoms with Gasteiger partial charge in [0.1, 0.15) is 11.0 Å². The molecular weight excluding hydrogens is 254 g/mol. The van der Waals surface area contributed by atoms with Crippen LogP contribution >= 0.6 is 0 Å². The molecule has 2 fully saturated rings. The van der Waals surface area contributed by atoms with E-state index < -0.39 is 11.0 Å². The van der Waals surface area contributed by atoms with Crippen LogP contribution in [0.25, 0.3) is 0 Å². The maximum absolute atomic E-state index is 13.2. The molecular formula is C16H23NO3. The van der Waals surface area contributed by atoms with E-state index in [-0.39, 0.29) is 11.7 Å². The summed E-state index contributed by atoms with van der Waals surface area (Å²) in [5.74, 6) is 0.00898. The van der Waals surface area contributed by atoms with Crippen molar-refractivity contribution in [3.63, 3.8) is 0 Å². The van der Waals surface area contributed by atoms with Crippen molar-refractivity contribution in [2.24, 2.45) is 5.41 Å². The summed E-state index contributed by atoms with van der Waals surface area (Å²) in [5.41, 5.74) is -1.61. The second-order valence-electron chi connectivity index (χ2n) is 6.21. The van der Waals surface area contributed by atoms with Gasteiger partial charge in [0.25, 0.3) is 5.91 Å². The van der Waals surface area contributed by atoms with E-state index in [9.17, 15) is 9.59 Å². The van der Waals surface area contributed by atoms with Gasteiger partial charge in [-0.05, 0) is 39.0 Å². The van der Waals surface area contributed by atoms with Crippen molar-refractivity contribution in [3.8, 4) is 0 Å². The number of carbonyl (C=O) groups is 2. The minimum Gasteiger partial charge on any atom is -0.295 e. The van der Waals surface area contributed by atoms with Gasteiger partial charge in [0.15, 0.2) is 5.78 Å². The lowest BCUT2D eigenvalue weighted by molar-refractivity contribution is -0.203. The summed E-state index contributed by atoms with van der Waals surface area (Å²) in [4.78, 5) is 31.7. The van der Waals surface area contributed by atoms with Gasteiger partial charge in [-0.2, -0.15) is 0 Å². The molecule has 2 spiro atoms. The smallest absolute Gasteiger partial charge is 0.261 e. The van der Waals surface area contributed by atoms with Gasteiger partial charge in [-0.3, -0.25) is 14.4 Å². The van der Waals surface area contributed by atoms with Crippen molar-refractivity contribution in [1.29, 1.82) is 0 Å². The van der Waals surface area contributed by atoms with Crippen LogP contribution in [0.1, 0.15) is 58.3 Å². The SMILES string of the molecule is CCON1C(=O)C2(CCCCC2)C(=O)[C@]12C=CCCC2. The summed E-state index contributed by atoms with van der Waals surface area (Å²) >= 11 is 0. The molecule has 110 valence electrons. The monoisotopic (exact) mass is 277 g/mol. The third kappa shape index (κ3) is 1.70. The first kappa shape index (κ1) is 13.8. The van der Waals surface area contributed by atoms with E-state index in [1.54, 1.807) is 0 Å². The molecule has 1 heterocycles. The average Bonchev–Trinajstić information content (AvgIpc) is 2.65. The summed E-state index contributed by atoms with van der Waals surface area (Å²) < 4.78 is 0. The minimum atomic E-state index is -0.817. The van der Waals surface area contributed by atoms with Gasteiger partial charge in [0.05, 0.1) is 6.61 Å². The van der Waals surface area contributed by atoms with Gasteiger partial charge < -0.3 is 0 Å². The molecule has 1 saturated heterocycles. The number of hydrogen-bond acceptors (Lipinski definition) is 3. The van der Waals surface area contributed by atoms with Crippen molar-refractivity contribution in [1.82, 2.24) is 5.06 Å². The molecule has 0 aromatic rings. The maximum Gasteiger partial charge on any atom is 0.261 e. The van der Waals surface area contributed by atoms with E-state index in [4.69, 9.17) is 4.84 Å². The molecule has 2 aliphatic carbocycles. The number of amides is 1. The Balaban J connectivity index is 2.04. The summed E-state index contributed by atoms with van der Waals surface area (Å²) in [5, 5.41) is 1.43. The van der Waals surface area contributed by atoms with E-state index in [1.165, 1.54) is 5.06 Å². The molecule has 1 saturated carbocycles. The Bertz CT molecular complexity index is 451. The van der Waals surface area contributed by atoms with Crippen LogP contribution in [-0.4, -0.2) is 28.9 Å². The minimum absolute atomic E-state index is 0.0874. The lowest BCUT2D eigenvalue weighted by atomic mass is 9.67. The van der Waals surface area contributed by atoms with Crippen LogP contribution in [0.3, 0.4) is 0 Å². The molecule has 1 aliphatic heterocycles. The summed E-state index contributed by atoms with van der Waals surface area (Å²) in [6, 6.07) is 0. The topological polar surface area (TPSA) is 46.6 Å². The Morgan fingerprint density at radius 1 is 1.15 bits per heavy atom. The molecule has 0 bridgehead atoms. The van der Waals surface area contributed by atoms with E-state index >= 15 is 0 Å². The number of Topliss-reactive ketones (excluding diaryl/α,β-unsaturated/α-hetero) is 1. The molecule has 3 aliphatic rings. The van der Waals surface area contributed by atoms with E-state index in [0.29, 0.717) is 25.9 Å². The Morgan fingerprint density at radius 3 is 2.50 bits per heavy atom. The van der Waals surface area contributed by atoms with E-state index in [1.807, 2.05) is 19.1 Å². The Morgan fingerprint density at radius 2 is 1.90 bits per heavy atom. The third-order valence-corrected chi connectivity index (χ3v) is 5.07. The van der Waals surface area contributed by atoms with Crippen molar-refractivity contribution in [3.05, 3.63) is 12.2 Å². The predicted molar refractivity (Wildman–Crippen MR) is 74.7 cm³/mol. The number of allylic oxidation sites excluding steroid dienone is 1. The molecule has 0 aromatic heterocycles. The van der Waals surface area contributed by atoms with Crippen molar-refractivity contribution < 1.29 is 14.4 Å². The lowest BCUT2D eigenvalue weighted by Gasteiger charge is -2.35. The second-order valence-corrected chi connectivity index (χ2v) is 6.21. The molecule has 0 aromatic carbocycles. The number of hydrogen-bond donors (Lipinski definition) is 0. The third-order valence-electron chi connectivity index (χ3n) is 5.07. The highest BCUT2D eigenvalue weighted by atomic mass is 16.7. The number of rotatable bonds is 2. The normalized spacial score (nSPS) is 32.5. The van der Waals surface area contributed by atoms with Crippen LogP contribution < -0.4 is 0 Å². The van der Waals surface area contributed by atoms with Gasteiger partial charge in [0.2, 0.25) is 0 Å². The van der Waals surface area contributed by atoms with Gasteiger partial charge in [0, 0.05) is 0 Å². The van der Waals surface area contributed by atoms with Crippen LogP contribution in [0.2, 0.25) is 0 Å². The van der Waals surface area contributed by atoms with Gasteiger partial charge in [-0.15, -0.1) is 0 Å². The molecule has 3 rings (SSSR count). The highest BCUT2D eigenvalue weighted by Crippen LogP contribution is 2.51. The van der Waals surface area contributed by atoms with Gasteiger partial charge in [-0.1, -0.05) is 31.4 Å². The zero-order valence-corrected chi connectivity index (χ0v) is 12.2. The van der Waals surface area contributed by atoms with Crippen LogP contribution in [-0.2, 0) is 14.4 Å². The molecule has 1 atom stereocenters. The van der Waals surface area contributed by atoms with Crippen LogP contribution in [0.4, 0.5) is 0 Å². The lowest BCUT2D eigenvalue weighted by Crippen LogP contribution is -2.49. The highest BCUT2D eigenvalue weighted by Gasteiger charge is 2.66. The quantitative estimate of drug-likeness (QED) is 0.576.